The smallest absolute Gasteiger partial charge is 0.194 e. The summed E-state index contributed by atoms with van der Waals surface area (Å²) < 4.78 is 5.73. The first-order valence-corrected chi connectivity index (χ1v) is 9.24. The van der Waals surface area contributed by atoms with Gasteiger partial charge in [0.1, 0.15) is 18.2 Å². The second kappa shape index (κ2) is 11.6. The Balaban J connectivity index is 0.00000261. The van der Waals surface area contributed by atoms with Gasteiger partial charge >= 0.3 is 0 Å². The molecule has 1 saturated heterocycles. The van der Waals surface area contributed by atoms with Crippen LogP contribution in [0.15, 0.2) is 59.7 Å². The number of para-hydroxylation sites is 1. The van der Waals surface area contributed by atoms with Crippen LogP contribution in [0.2, 0.25) is 0 Å². The summed E-state index contributed by atoms with van der Waals surface area (Å²) in [5.74, 6) is 2.90. The van der Waals surface area contributed by atoms with Crippen LogP contribution in [-0.4, -0.2) is 61.7 Å². The zero-order chi connectivity index (χ0) is 18.0. The fourth-order valence-electron chi connectivity index (χ4n) is 2.95. The minimum absolute atomic E-state index is 0. The van der Waals surface area contributed by atoms with Crippen molar-refractivity contribution < 1.29 is 4.74 Å². The van der Waals surface area contributed by atoms with E-state index in [0.717, 1.165) is 50.3 Å². The molecule has 1 aromatic heterocycles. The van der Waals surface area contributed by atoms with E-state index in [1.807, 2.05) is 48.7 Å². The van der Waals surface area contributed by atoms with Gasteiger partial charge in [0.25, 0.3) is 0 Å². The molecule has 1 N–H and O–H groups in total. The number of piperazine rings is 1. The highest BCUT2D eigenvalue weighted by molar-refractivity contribution is 14.0. The maximum atomic E-state index is 5.73. The van der Waals surface area contributed by atoms with Gasteiger partial charge < -0.3 is 19.9 Å². The summed E-state index contributed by atoms with van der Waals surface area (Å²) in [5.41, 5.74) is 0. The topological polar surface area (TPSA) is 53.0 Å². The van der Waals surface area contributed by atoms with Crippen LogP contribution >= 0.6 is 24.0 Å². The van der Waals surface area contributed by atoms with E-state index in [2.05, 4.69) is 33.1 Å². The quantitative estimate of drug-likeness (QED) is 0.298. The molecule has 1 aromatic carbocycles. The number of hydrogen-bond donors (Lipinski definition) is 1. The number of guanidine groups is 1. The standard InChI is InChI=1S/C20H27N5O.HI/c1-2-21-20(23-12-17-26-18-8-4-3-5-9-18)25-15-13-24(14-16-25)19-10-6-7-11-22-19;/h3-11H,2,12-17H2,1H3,(H,21,23);1H. The molecule has 6 nitrogen and oxygen atoms in total. The van der Waals surface area contributed by atoms with E-state index < -0.39 is 0 Å². The van der Waals surface area contributed by atoms with Gasteiger partial charge in [0.2, 0.25) is 0 Å². The molecule has 1 fully saturated rings. The van der Waals surface area contributed by atoms with Crippen molar-refractivity contribution in [3.8, 4) is 5.75 Å². The predicted molar refractivity (Wildman–Crippen MR) is 121 cm³/mol. The second-order valence-electron chi connectivity index (χ2n) is 6.06. The Bertz CT molecular complexity index is 675. The van der Waals surface area contributed by atoms with Gasteiger partial charge in [-0.25, -0.2) is 9.98 Å². The van der Waals surface area contributed by atoms with Gasteiger partial charge in [-0.2, -0.15) is 0 Å². The van der Waals surface area contributed by atoms with Crippen molar-refractivity contribution in [2.24, 2.45) is 4.99 Å². The van der Waals surface area contributed by atoms with Crippen LogP contribution in [0.5, 0.6) is 5.75 Å². The van der Waals surface area contributed by atoms with Crippen LogP contribution in [0, 0.1) is 0 Å². The van der Waals surface area contributed by atoms with Gasteiger partial charge in [0, 0.05) is 38.9 Å². The van der Waals surface area contributed by atoms with Crippen LogP contribution in [0.25, 0.3) is 0 Å². The zero-order valence-corrected chi connectivity index (χ0v) is 18.1. The van der Waals surface area contributed by atoms with Crippen LogP contribution in [0.4, 0.5) is 5.82 Å². The first-order chi connectivity index (χ1) is 12.9. The minimum atomic E-state index is 0. The SMILES string of the molecule is CCNC(=NCCOc1ccccc1)N1CCN(c2ccccn2)CC1.I. The predicted octanol–water partition coefficient (Wildman–Crippen LogP) is 2.87. The summed E-state index contributed by atoms with van der Waals surface area (Å²) in [5, 5.41) is 3.39. The van der Waals surface area contributed by atoms with E-state index in [-0.39, 0.29) is 24.0 Å². The fraction of sp³-hybridized carbons (Fsp3) is 0.400. The molecule has 0 spiro atoms. The summed E-state index contributed by atoms with van der Waals surface area (Å²) in [6.07, 6.45) is 1.85. The molecule has 27 heavy (non-hydrogen) atoms. The van der Waals surface area contributed by atoms with Crippen LogP contribution in [0.1, 0.15) is 6.92 Å². The molecule has 0 bridgehead atoms. The molecule has 0 amide bonds. The van der Waals surface area contributed by atoms with Crippen molar-refractivity contribution >= 4 is 35.8 Å². The zero-order valence-electron chi connectivity index (χ0n) is 15.8. The summed E-state index contributed by atoms with van der Waals surface area (Å²) >= 11 is 0. The lowest BCUT2D eigenvalue weighted by atomic mass is 10.3. The van der Waals surface area contributed by atoms with Crippen molar-refractivity contribution in [2.75, 3.05) is 50.8 Å². The third kappa shape index (κ3) is 6.57. The highest BCUT2D eigenvalue weighted by Gasteiger charge is 2.20. The number of halogens is 1. The molecule has 0 atom stereocenters. The number of benzene rings is 1. The Kier molecular flexibility index (Phi) is 9.17. The molecule has 146 valence electrons. The molecule has 2 heterocycles. The van der Waals surface area contributed by atoms with Gasteiger partial charge in [0.15, 0.2) is 5.96 Å². The lowest BCUT2D eigenvalue weighted by Gasteiger charge is -2.37. The largest absolute Gasteiger partial charge is 0.492 e. The van der Waals surface area contributed by atoms with Crippen molar-refractivity contribution in [3.05, 3.63) is 54.7 Å². The average molecular weight is 481 g/mol. The Morgan fingerprint density at radius 1 is 1.07 bits per heavy atom. The molecule has 0 unspecified atom stereocenters. The number of hydrogen-bond acceptors (Lipinski definition) is 4. The summed E-state index contributed by atoms with van der Waals surface area (Å²) in [6.45, 7) is 7.93. The first kappa shape index (κ1) is 21.3. The molecule has 1 aliphatic heterocycles. The molecule has 0 aliphatic carbocycles. The van der Waals surface area contributed by atoms with Crippen molar-refractivity contribution in [1.82, 2.24) is 15.2 Å². The van der Waals surface area contributed by atoms with Crippen molar-refractivity contribution in [1.29, 1.82) is 0 Å². The Morgan fingerprint density at radius 3 is 2.48 bits per heavy atom. The summed E-state index contributed by atoms with van der Waals surface area (Å²) in [4.78, 5) is 13.8. The van der Waals surface area contributed by atoms with Crippen LogP contribution < -0.4 is 15.0 Å². The Hall–Kier alpha value is -2.03. The number of anilines is 1. The van der Waals surface area contributed by atoms with E-state index >= 15 is 0 Å². The van der Waals surface area contributed by atoms with Gasteiger partial charge in [-0.1, -0.05) is 24.3 Å². The minimum Gasteiger partial charge on any atom is -0.492 e. The Morgan fingerprint density at radius 2 is 1.81 bits per heavy atom. The fourth-order valence-corrected chi connectivity index (χ4v) is 2.95. The molecule has 7 heteroatoms. The number of pyridine rings is 1. The lowest BCUT2D eigenvalue weighted by molar-refractivity contribution is 0.325. The van der Waals surface area contributed by atoms with E-state index in [4.69, 9.17) is 9.73 Å². The summed E-state index contributed by atoms with van der Waals surface area (Å²) in [6, 6.07) is 15.9. The molecule has 1 aliphatic rings. The van der Waals surface area contributed by atoms with E-state index in [0.29, 0.717) is 13.2 Å². The summed E-state index contributed by atoms with van der Waals surface area (Å²) in [7, 11) is 0. The lowest BCUT2D eigenvalue weighted by Crippen LogP contribution is -2.52. The van der Waals surface area contributed by atoms with E-state index in [1.165, 1.54) is 0 Å². The van der Waals surface area contributed by atoms with E-state index in [9.17, 15) is 0 Å². The number of ether oxygens (including phenoxy) is 1. The number of nitrogens with one attached hydrogen (secondary N) is 1. The molecular weight excluding hydrogens is 453 g/mol. The van der Waals surface area contributed by atoms with Crippen LogP contribution in [0.3, 0.4) is 0 Å². The molecule has 0 radical (unpaired) electrons. The molecule has 0 saturated carbocycles. The maximum absolute atomic E-state index is 5.73. The third-order valence-corrected chi connectivity index (χ3v) is 4.25. The van der Waals surface area contributed by atoms with Gasteiger partial charge in [-0.15, -0.1) is 24.0 Å². The number of aliphatic imine (C=N–C) groups is 1. The number of nitrogens with zero attached hydrogens (tertiary/aromatic N) is 4. The van der Waals surface area contributed by atoms with Gasteiger partial charge in [0.05, 0.1) is 6.54 Å². The third-order valence-electron chi connectivity index (χ3n) is 4.25. The normalized spacial score (nSPS) is 14.5. The highest BCUT2D eigenvalue weighted by atomic mass is 127. The maximum Gasteiger partial charge on any atom is 0.194 e. The van der Waals surface area contributed by atoms with Gasteiger partial charge in [-0.3, -0.25) is 0 Å². The first-order valence-electron chi connectivity index (χ1n) is 9.24. The highest BCUT2D eigenvalue weighted by Crippen LogP contribution is 2.12. The number of rotatable bonds is 6. The van der Waals surface area contributed by atoms with Crippen LogP contribution in [-0.2, 0) is 0 Å². The van der Waals surface area contributed by atoms with Gasteiger partial charge in [-0.05, 0) is 31.2 Å². The second-order valence-corrected chi connectivity index (χ2v) is 6.06. The average Bonchev–Trinajstić information content (AvgIpc) is 2.72. The molecule has 3 rings (SSSR count). The molecular formula is C20H28IN5O. The monoisotopic (exact) mass is 481 g/mol. The van der Waals surface area contributed by atoms with Crippen molar-refractivity contribution in [2.45, 2.75) is 6.92 Å². The molecule has 2 aromatic rings. The number of aromatic nitrogens is 1. The van der Waals surface area contributed by atoms with E-state index in [1.54, 1.807) is 0 Å². The Labute approximate surface area is 178 Å². The van der Waals surface area contributed by atoms with Crippen molar-refractivity contribution in [3.63, 3.8) is 0 Å².